The molecule has 0 fully saturated rings. The van der Waals surface area contributed by atoms with Crippen molar-refractivity contribution in [1.29, 1.82) is 0 Å². The summed E-state index contributed by atoms with van der Waals surface area (Å²) in [5, 5.41) is 0. The van der Waals surface area contributed by atoms with Crippen molar-refractivity contribution < 1.29 is 4.74 Å². The Morgan fingerprint density at radius 1 is 1.47 bits per heavy atom. The summed E-state index contributed by atoms with van der Waals surface area (Å²) in [6.45, 7) is 9.37. The first kappa shape index (κ1) is 13.9. The second kappa shape index (κ2) is 7.25. The first-order chi connectivity index (χ1) is 8.19. The molecule has 0 spiro atoms. The minimum absolute atomic E-state index is 0.0438. The van der Waals surface area contributed by atoms with Gasteiger partial charge in [0.15, 0.2) is 0 Å². The maximum absolute atomic E-state index is 5.87. The van der Waals surface area contributed by atoms with Crippen molar-refractivity contribution in [2.75, 3.05) is 31.2 Å². The first-order valence-corrected chi connectivity index (χ1v) is 6.23. The standard InChI is InChI=1S/C13H23N3O/c1-4-16(8-9-17-5-2)13-10-12(11(3)14)6-7-15-13/h6-7,10-11H,4-5,8-9,14H2,1-3H3/t11-/m0/s1. The van der Waals surface area contributed by atoms with Crippen molar-refractivity contribution in [1.82, 2.24) is 4.98 Å². The molecule has 17 heavy (non-hydrogen) atoms. The number of hydrogen-bond donors (Lipinski definition) is 1. The first-order valence-electron chi connectivity index (χ1n) is 6.23. The summed E-state index contributed by atoms with van der Waals surface area (Å²) < 4.78 is 5.37. The maximum atomic E-state index is 5.87. The number of rotatable bonds is 7. The predicted octanol–water partition coefficient (Wildman–Crippen LogP) is 1.96. The molecule has 0 bridgehead atoms. The van der Waals surface area contributed by atoms with Crippen LogP contribution in [-0.2, 0) is 4.74 Å². The van der Waals surface area contributed by atoms with E-state index in [0.29, 0.717) is 0 Å². The summed E-state index contributed by atoms with van der Waals surface area (Å²) in [6, 6.07) is 4.06. The lowest BCUT2D eigenvalue weighted by molar-refractivity contribution is 0.154. The van der Waals surface area contributed by atoms with Crippen LogP contribution < -0.4 is 10.6 Å². The van der Waals surface area contributed by atoms with Gasteiger partial charge in [0.05, 0.1) is 6.61 Å². The summed E-state index contributed by atoms with van der Waals surface area (Å²) >= 11 is 0. The van der Waals surface area contributed by atoms with E-state index < -0.39 is 0 Å². The fraction of sp³-hybridized carbons (Fsp3) is 0.615. The normalized spacial score (nSPS) is 12.5. The second-order valence-electron chi connectivity index (χ2n) is 4.01. The monoisotopic (exact) mass is 237 g/mol. The molecule has 1 aromatic rings. The highest BCUT2D eigenvalue weighted by Crippen LogP contribution is 2.16. The van der Waals surface area contributed by atoms with Crippen LogP contribution in [0.5, 0.6) is 0 Å². The van der Waals surface area contributed by atoms with Crippen LogP contribution in [0.15, 0.2) is 18.3 Å². The van der Waals surface area contributed by atoms with E-state index in [0.717, 1.165) is 37.7 Å². The molecule has 0 unspecified atom stereocenters. The van der Waals surface area contributed by atoms with E-state index in [1.54, 1.807) is 0 Å². The van der Waals surface area contributed by atoms with E-state index >= 15 is 0 Å². The van der Waals surface area contributed by atoms with Crippen molar-refractivity contribution in [2.45, 2.75) is 26.8 Å². The summed E-state index contributed by atoms with van der Waals surface area (Å²) in [5.74, 6) is 0.974. The number of likely N-dealkylation sites (N-methyl/N-ethyl adjacent to an activating group) is 1. The zero-order valence-electron chi connectivity index (χ0n) is 11.0. The second-order valence-corrected chi connectivity index (χ2v) is 4.01. The molecule has 0 aromatic carbocycles. The van der Waals surface area contributed by atoms with E-state index in [1.165, 1.54) is 0 Å². The molecule has 0 aliphatic rings. The van der Waals surface area contributed by atoms with E-state index in [1.807, 2.05) is 26.1 Å². The van der Waals surface area contributed by atoms with E-state index in [9.17, 15) is 0 Å². The van der Waals surface area contributed by atoms with Crippen LogP contribution in [0.4, 0.5) is 5.82 Å². The summed E-state index contributed by atoms with van der Waals surface area (Å²) in [7, 11) is 0. The Morgan fingerprint density at radius 2 is 2.24 bits per heavy atom. The molecule has 4 nitrogen and oxygen atoms in total. The van der Waals surface area contributed by atoms with Gasteiger partial charge in [-0.2, -0.15) is 0 Å². The van der Waals surface area contributed by atoms with Gasteiger partial charge >= 0.3 is 0 Å². The molecule has 1 rings (SSSR count). The SMILES string of the molecule is CCOCCN(CC)c1cc([C@H](C)N)ccn1. The highest BCUT2D eigenvalue weighted by molar-refractivity contribution is 5.41. The topological polar surface area (TPSA) is 51.4 Å². The molecule has 2 N–H and O–H groups in total. The number of pyridine rings is 1. The minimum atomic E-state index is 0.0438. The van der Waals surface area contributed by atoms with Crippen LogP contribution in [-0.4, -0.2) is 31.3 Å². The molecule has 1 atom stereocenters. The Labute approximate surface area is 104 Å². The number of hydrogen-bond acceptors (Lipinski definition) is 4. The van der Waals surface area contributed by atoms with Crippen LogP contribution in [0.1, 0.15) is 32.4 Å². The van der Waals surface area contributed by atoms with Gasteiger partial charge < -0.3 is 15.4 Å². The summed E-state index contributed by atoms with van der Waals surface area (Å²) in [4.78, 5) is 6.58. The van der Waals surface area contributed by atoms with Crippen molar-refractivity contribution in [2.24, 2.45) is 5.73 Å². The van der Waals surface area contributed by atoms with Gasteiger partial charge in [0.1, 0.15) is 5.82 Å². The third-order valence-corrected chi connectivity index (χ3v) is 2.71. The fourth-order valence-corrected chi connectivity index (χ4v) is 1.64. The average molecular weight is 237 g/mol. The summed E-state index contributed by atoms with van der Waals surface area (Å²) in [6.07, 6.45) is 1.82. The molecular formula is C13H23N3O. The molecule has 0 saturated carbocycles. The number of aromatic nitrogens is 1. The molecule has 96 valence electrons. The Hall–Kier alpha value is -1.13. The zero-order valence-corrected chi connectivity index (χ0v) is 11.0. The maximum Gasteiger partial charge on any atom is 0.128 e. The Bertz CT molecular complexity index is 328. The van der Waals surface area contributed by atoms with Crippen LogP contribution in [0.2, 0.25) is 0 Å². The molecule has 0 radical (unpaired) electrons. The largest absolute Gasteiger partial charge is 0.380 e. The smallest absolute Gasteiger partial charge is 0.128 e. The van der Waals surface area contributed by atoms with Gasteiger partial charge in [-0.1, -0.05) is 0 Å². The lowest BCUT2D eigenvalue weighted by atomic mass is 10.1. The Balaban J connectivity index is 2.70. The average Bonchev–Trinajstić information content (AvgIpc) is 2.35. The van der Waals surface area contributed by atoms with Gasteiger partial charge in [0.2, 0.25) is 0 Å². The quantitative estimate of drug-likeness (QED) is 0.737. The molecule has 0 aliphatic carbocycles. The van der Waals surface area contributed by atoms with Crippen LogP contribution >= 0.6 is 0 Å². The van der Waals surface area contributed by atoms with Gasteiger partial charge in [-0.25, -0.2) is 4.98 Å². The minimum Gasteiger partial charge on any atom is -0.380 e. The number of nitrogens with two attached hydrogens (primary N) is 1. The van der Waals surface area contributed by atoms with E-state index in [-0.39, 0.29) is 6.04 Å². The molecule has 1 heterocycles. The van der Waals surface area contributed by atoms with Gasteiger partial charge in [0.25, 0.3) is 0 Å². The van der Waals surface area contributed by atoms with Crippen molar-refractivity contribution >= 4 is 5.82 Å². The van der Waals surface area contributed by atoms with Crippen molar-refractivity contribution in [3.8, 4) is 0 Å². The molecule has 0 saturated heterocycles. The highest BCUT2D eigenvalue weighted by atomic mass is 16.5. The number of ether oxygens (including phenoxy) is 1. The van der Waals surface area contributed by atoms with Gasteiger partial charge in [-0.3, -0.25) is 0 Å². The van der Waals surface area contributed by atoms with Gasteiger partial charge in [-0.15, -0.1) is 0 Å². The van der Waals surface area contributed by atoms with E-state index in [4.69, 9.17) is 10.5 Å². The van der Waals surface area contributed by atoms with Gasteiger partial charge in [0, 0.05) is 31.9 Å². The van der Waals surface area contributed by atoms with Crippen molar-refractivity contribution in [3.63, 3.8) is 0 Å². The third kappa shape index (κ3) is 4.32. The lowest BCUT2D eigenvalue weighted by Crippen LogP contribution is -2.28. The summed E-state index contributed by atoms with van der Waals surface area (Å²) in [5.41, 5.74) is 6.99. The number of nitrogens with zero attached hydrogens (tertiary/aromatic N) is 2. The molecule has 0 amide bonds. The van der Waals surface area contributed by atoms with Crippen LogP contribution in [0, 0.1) is 0 Å². The number of anilines is 1. The molecular weight excluding hydrogens is 214 g/mol. The van der Waals surface area contributed by atoms with Crippen LogP contribution in [0.25, 0.3) is 0 Å². The van der Waals surface area contributed by atoms with Gasteiger partial charge in [-0.05, 0) is 38.5 Å². The molecule has 4 heteroatoms. The predicted molar refractivity (Wildman–Crippen MR) is 71.2 cm³/mol. The Kier molecular flexibility index (Phi) is 5.94. The van der Waals surface area contributed by atoms with Crippen LogP contribution in [0.3, 0.4) is 0 Å². The van der Waals surface area contributed by atoms with Crippen molar-refractivity contribution in [3.05, 3.63) is 23.9 Å². The molecule has 1 aromatic heterocycles. The Morgan fingerprint density at radius 3 is 2.82 bits per heavy atom. The lowest BCUT2D eigenvalue weighted by Gasteiger charge is -2.22. The fourth-order valence-electron chi connectivity index (χ4n) is 1.64. The zero-order chi connectivity index (χ0) is 12.7. The molecule has 0 aliphatic heterocycles. The van der Waals surface area contributed by atoms with E-state index in [2.05, 4.69) is 22.9 Å². The third-order valence-electron chi connectivity index (χ3n) is 2.71. The highest BCUT2D eigenvalue weighted by Gasteiger charge is 2.07.